The fraction of sp³-hybridized carbons (Fsp3) is 0.273. The highest BCUT2D eigenvalue weighted by Gasteiger charge is 2.03. The Balaban J connectivity index is 2.66. The van der Waals surface area contributed by atoms with Crippen molar-refractivity contribution in [3.8, 4) is 11.5 Å². The molecule has 0 heterocycles. The molecule has 1 aromatic carbocycles. The van der Waals surface area contributed by atoms with Crippen LogP contribution in [-0.4, -0.2) is 19.5 Å². The lowest BCUT2D eigenvalue weighted by atomic mass is 10.3. The van der Waals surface area contributed by atoms with Gasteiger partial charge >= 0.3 is 0 Å². The lowest BCUT2D eigenvalue weighted by molar-refractivity contribution is 0.349. The standard InChI is InChI=1S/C11H13BrO2S/c1-8(7-15)6-14-11-4-3-9(13-2)5-10(11)12/h3-5,15H,1,6-7H2,2H3. The van der Waals surface area contributed by atoms with Crippen LogP contribution in [0, 0.1) is 0 Å². The Morgan fingerprint density at radius 3 is 2.80 bits per heavy atom. The van der Waals surface area contributed by atoms with Crippen molar-refractivity contribution in [3.05, 3.63) is 34.8 Å². The maximum Gasteiger partial charge on any atom is 0.134 e. The maximum absolute atomic E-state index is 5.54. The smallest absolute Gasteiger partial charge is 0.134 e. The number of thiol groups is 1. The molecule has 4 heteroatoms. The molecule has 0 saturated carbocycles. The van der Waals surface area contributed by atoms with Gasteiger partial charge in [-0.2, -0.15) is 12.6 Å². The average Bonchev–Trinajstić information content (AvgIpc) is 2.26. The van der Waals surface area contributed by atoms with E-state index in [0.717, 1.165) is 21.5 Å². The number of hydrogen-bond donors (Lipinski definition) is 1. The Kier molecular flexibility index (Phi) is 5.05. The Hall–Kier alpha value is -0.610. The van der Waals surface area contributed by atoms with Crippen molar-refractivity contribution < 1.29 is 9.47 Å². The fourth-order valence-corrected chi connectivity index (χ4v) is 1.51. The molecule has 15 heavy (non-hydrogen) atoms. The van der Waals surface area contributed by atoms with Crippen molar-refractivity contribution in [2.45, 2.75) is 0 Å². The minimum Gasteiger partial charge on any atom is -0.497 e. The number of hydrogen-bond acceptors (Lipinski definition) is 3. The van der Waals surface area contributed by atoms with Gasteiger partial charge in [0.15, 0.2) is 0 Å². The molecule has 0 bridgehead atoms. The van der Waals surface area contributed by atoms with Crippen LogP contribution in [0.3, 0.4) is 0 Å². The zero-order chi connectivity index (χ0) is 11.3. The van der Waals surface area contributed by atoms with Crippen LogP contribution in [0.4, 0.5) is 0 Å². The van der Waals surface area contributed by atoms with E-state index in [1.54, 1.807) is 7.11 Å². The third kappa shape index (κ3) is 3.80. The second-order valence-corrected chi connectivity index (χ2v) is 4.16. The summed E-state index contributed by atoms with van der Waals surface area (Å²) in [5.74, 6) is 2.20. The van der Waals surface area contributed by atoms with E-state index in [2.05, 4.69) is 35.1 Å². The van der Waals surface area contributed by atoms with E-state index in [0.29, 0.717) is 12.4 Å². The molecule has 0 radical (unpaired) electrons. The number of benzene rings is 1. The molecule has 0 spiro atoms. The van der Waals surface area contributed by atoms with Crippen LogP contribution in [0.25, 0.3) is 0 Å². The van der Waals surface area contributed by atoms with Crippen LogP contribution in [-0.2, 0) is 0 Å². The first-order chi connectivity index (χ1) is 7.17. The van der Waals surface area contributed by atoms with Crippen LogP contribution in [0.1, 0.15) is 0 Å². The Bertz CT molecular complexity index is 352. The van der Waals surface area contributed by atoms with Gasteiger partial charge in [0.2, 0.25) is 0 Å². The Morgan fingerprint density at radius 1 is 1.53 bits per heavy atom. The summed E-state index contributed by atoms with van der Waals surface area (Å²) in [6, 6.07) is 5.57. The molecule has 0 aromatic heterocycles. The lowest BCUT2D eigenvalue weighted by Gasteiger charge is -2.09. The first-order valence-electron chi connectivity index (χ1n) is 4.41. The van der Waals surface area contributed by atoms with E-state index < -0.39 is 0 Å². The first-order valence-corrected chi connectivity index (χ1v) is 5.83. The molecule has 0 amide bonds. The molecule has 0 N–H and O–H groups in total. The summed E-state index contributed by atoms with van der Waals surface area (Å²) in [5.41, 5.74) is 0.945. The van der Waals surface area contributed by atoms with E-state index in [4.69, 9.17) is 9.47 Å². The van der Waals surface area contributed by atoms with E-state index in [-0.39, 0.29) is 0 Å². The van der Waals surface area contributed by atoms with Gasteiger partial charge in [-0.3, -0.25) is 0 Å². The van der Waals surface area contributed by atoms with Gasteiger partial charge in [-0.05, 0) is 39.7 Å². The minimum absolute atomic E-state index is 0.481. The molecule has 82 valence electrons. The molecule has 0 aliphatic heterocycles. The summed E-state index contributed by atoms with van der Waals surface area (Å²) in [6.07, 6.45) is 0. The molecule has 1 aromatic rings. The third-order valence-corrected chi connectivity index (χ3v) is 2.86. The van der Waals surface area contributed by atoms with E-state index in [1.807, 2.05) is 18.2 Å². The fourth-order valence-electron chi connectivity index (χ4n) is 0.951. The molecule has 2 nitrogen and oxygen atoms in total. The van der Waals surface area contributed by atoms with Gasteiger partial charge in [-0.25, -0.2) is 0 Å². The first kappa shape index (κ1) is 12.5. The van der Waals surface area contributed by atoms with Crippen molar-refractivity contribution in [2.24, 2.45) is 0 Å². The predicted molar refractivity (Wildman–Crippen MR) is 69.2 cm³/mol. The largest absolute Gasteiger partial charge is 0.497 e. The average molecular weight is 289 g/mol. The van der Waals surface area contributed by atoms with Gasteiger partial charge in [0.1, 0.15) is 18.1 Å². The zero-order valence-electron chi connectivity index (χ0n) is 8.50. The summed E-state index contributed by atoms with van der Waals surface area (Å²) in [5, 5.41) is 0. The second-order valence-electron chi connectivity index (χ2n) is 2.99. The minimum atomic E-state index is 0.481. The number of methoxy groups -OCH3 is 1. The van der Waals surface area contributed by atoms with Gasteiger partial charge in [0.25, 0.3) is 0 Å². The van der Waals surface area contributed by atoms with Gasteiger partial charge in [-0.15, -0.1) is 0 Å². The molecule has 0 saturated heterocycles. The van der Waals surface area contributed by atoms with Crippen LogP contribution in [0.2, 0.25) is 0 Å². The highest BCUT2D eigenvalue weighted by molar-refractivity contribution is 9.10. The topological polar surface area (TPSA) is 18.5 Å². The van der Waals surface area contributed by atoms with Crippen LogP contribution in [0.5, 0.6) is 11.5 Å². The van der Waals surface area contributed by atoms with E-state index in [9.17, 15) is 0 Å². The SMILES string of the molecule is C=C(CS)COc1ccc(OC)cc1Br. The molecule has 0 aliphatic rings. The Morgan fingerprint density at radius 2 is 2.27 bits per heavy atom. The Labute approximate surface area is 104 Å². The number of halogens is 1. The zero-order valence-corrected chi connectivity index (χ0v) is 11.0. The molecule has 0 unspecified atom stereocenters. The maximum atomic E-state index is 5.54. The van der Waals surface area contributed by atoms with Crippen molar-refractivity contribution in [1.29, 1.82) is 0 Å². The van der Waals surface area contributed by atoms with Crippen LogP contribution >= 0.6 is 28.6 Å². The van der Waals surface area contributed by atoms with Gasteiger partial charge in [-0.1, -0.05) is 6.58 Å². The van der Waals surface area contributed by atoms with E-state index in [1.165, 1.54) is 0 Å². The van der Waals surface area contributed by atoms with Crippen LogP contribution in [0.15, 0.2) is 34.8 Å². The monoisotopic (exact) mass is 288 g/mol. The van der Waals surface area contributed by atoms with Gasteiger partial charge in [0, 0.05) is 5.75 Å². The molecular weight excluding hydrogens is 276 g/mol. The molecule has 0 atom stereocenters. The van der Waals surface area contributed by atoms with Gasteiger partial charge in [0.05, 0.1) is 11.6 Å². The van der Waals surface area contributed by atoms with Crippen molar-refractivity contribution in [1.82, 2.24) is 0 Å². The summed E-state index contributed by atoms with van der Waals surface area (Å²) in [7, 11) is 1.63. The normalized spacial score (nSPS) is 9.80. The second kappa shape index (κ2) is 6.08. The van der Waals surface area contributed by atoms with Gasteiger partial charge < -0.3 is 9.47 Å². The highest BCUT2D eigenvalue weighted by Crippen LogP contribution is 2.29. The molecule has 1 rings (SSSR count). The molecule has 0 aliphatic carbocycles. The molecular formula is C11H13BrO2S. The molecule has 0 fully saturated rings. The summed E-state index contributed by atoms with van der Waals surface area (Å²) < 4.78 is 11.5. The highest BCUT2D eigenvalue weighted by atomic mass is 79.9. The van der Waals surface area contributed by atoms with Crippen molar-refractivity contribution in [2.75, 3.05) is 19.5 Å². The summed E-state index contributed by atoms with van der Waals surface area (Å²) >= 11 is 7.51. The summed E-state index contributed by atoms with van der Waals surface area (Å²) in [6.45, 7) is 4.29. The number of ether oxygens (including phenoxy) is 2. The lowest BCUT2D eigenvalue weighted by Crippen LogP contribution is -2.01. The predicted octanol–water partition coefficient (Wildman–Crippen LogP) is 3.32. The quantitative estimate of drug-likeness (QED) is 0.662. The van der Waals surface area contributed by atoms with Crippen molar-refractivity contribution in [3.63, 3.8) is 0 Å². The van der Waals surface area contributed by atoms with Crippen molar-refractivity contribution >= 4 is 28.6 Å². The third-order valence-electron chi connectivity index (χ3n) is 1.79. The number of rotatable bonds is 5. The van der Waals surface area contributed by atoms with E-state index >= 15 is 0 Å². The summed E-state index contributed by atoms with van der Waals surface area (Å²) in [4.78, 5) is 0. The van der Waals surface area contributed by atoms with Crippen LogP contribution < -0.4 is 9.47 Å².